The van der Waals surface area contributed by atoms with E-state index in [-0.39, 0.29) is 6.61 Å². The van der Waals surface area contributed by atoms with Gasteiger partial charge in [-0.25, -0.2) is 4.79 Å². The Hall–Kier alpha value is -2.00. The molecule has 3 nitrogen and oxygen atoms in total. The van der Waals surface area contributed by atoms with E-state index in [0.717, 1.165) is 16.7 Å². The van der Waals surface area contributed by atoms with E-state index in [4.69, 9.17) is 21.1 Å². The Bertz CT molecular complexity index is 645. The fourth-order valence-corrected chi connectivity index (χ4v) is 2.12. The van der Waals surface area contributed by atoms with Gasteiger partial charge in [-0.05, 0) is 67.8 Å². The molecule has 0 aliphatic heterocycles. The number of esters is 1. The van der Waals surface area contributed by atoms with Gasteiger partial charge in [0.15, 0.2) is 6.61 Å². The molecule has 0 fully saturated rings. The predicted molar refractivity (Wildman–Crippen MR) is 83.2 cm³/mol. The number of carbonyl (C=O) groups is 1. The van der Waals surface area contributed by atoms with Gasteiger partial charge >= 0.3 is 5.97 Å². The quantitative estimate of drug-likeness (QED) is 0.626. The largest absolute Gasteiger partial charge is 0.482 e. The maximum Gasteiger partial charge on any atom is 0.349 e. The van der Waals surface area contributed by atoms with E-state index in [0.29, 0.717) is 16.5 Å². The minimum Gasteiger partial charge on any atom is -0.482 e. The van der Waals surface area contributed by atoms with Gasteiger partial charge in [0.25, 0.3) is 0 Å². The normalized spacial score (nSPS) is 10.3. The van der Waals surface area contributed by atoms with Gasteiger partial charge in [-0.2, -0.15) is 0 Å². The fraction of sp³-hybridized carbons (Fsp3) is 0.235. The van der Waals surface area contributed by atoms with Crippen molar-refractivity contribution in [2.45, 2.75) is 20.8 Å². The Labute approximate surface area is 129 Å². The maximum absolute atomic E-state index is 11.8. The Balaban J connectivity index is 1.94. The van der Waals surface area contributed by atoms with Gasteiger partial charge in [-0.1, -0.05) is 17.7 Å². The summed E-state index contributed by atoms with van der Waals surface area (Å²) in [6.45, 7) is 5.64. The number of hydrogen-bond donors (Lipinski definition) is 0. The summed E-state index contributed by atoms with van der Waals surface area (Å²) in [5.41, 5.74) is 3.00. The second-order valence-corrected chi connectivity index (χ2v) is 5.40. The van der Waals surface area contributed by atoms with Crippen LogP contribution < -0.4 is 9.47 Å². The van der Waals surface area contributed by atoms with Crippen LogP contribution in [0.1, 0.15) is 16.7 Å². The van der Waals surface area contributed by atoms with E-state index in [1.54, 1.807) is 18.2 Å². The Morgan fingerprint density at radius 1 is 1.00 bits per heavy atom. The Morgan fingerprint density at radius 2 is 1.67 bits per heavy atom. The zero-order valence-electron chi connectivity index (χ0n) is 12.3. The number of carbonyl (C=O) groups excluding carboxylic acids is 1. The third kappa shape index (κ3) is 4.50. The molecule has 0 radical (unpaired) electrons. The van der Waals surface area contributed by atoms with E-state index in [9.17, 15) is 4.79 Å². The van der Waals surface area contributed by atoms with Crippen LogP contribution in [-0.4, -0.2) is 12.6 Å². The second kappa shape index (κ2) is 6.64. The summed E-state index contributed by atoms with van der Waals surface area (Å²) in [7, 11) is 0. The van der Waals surface area contributed by atoms with E-state index in [1.807, 2.05) is 39.0 Å². The van der Waals surface area contributed by atoms with Gasteiger partial charge in [0.05, 0.1) is 0 Å². The maximum atomic E-state index is 11.8. The average molecular weight is 305 g/mol. The first-order valence-corrected chi connectivity index (χ1v) is 7.00. The van der Waals surface area contributed by atoms with Crippen molar-refractivity contribution < 1.29 is 14.3 Å². The predicted octanol–water partition coefficient (Wildman–Crippen LogP) is 4.25. The van der Waals surface area contributed by atoms with Crippen LogP contribution in [0.3, 0.4) is 0 Å². The van der Waals surface area contributed by atoms with Crippen LogP contribution in [0.5, 0.6) is 11.5 Å². The highest BCUT2D eigenvalue weighted by atomic mass is 35.5. The monoisotopic (exact) mass is 304 g/mol. The number of aryl methyl sites for hydroxylation is 3. The van der Waals surface area contributed by atoms with E-state index < -0.39 is 5.97 Å². The lowest BCUT2D eigenvalue weighted by atomic mass is 10.1. The molecule has 0 bridgehead atoms. The summed E-state index contributed by atoms with van der Waals surface area (Å²) in [5, 5.41) is 0.667. The molecule has 0 atom stereocenters. The first-order valence-electron chi connectivity index (χ1n) is 6.62. The van der Waals surface area contributed by atoms with Crippen LogP contribution in [0, 0.1) is 20.8 Å². The van der Waals surface area contributed by atoms with Crippen LogP contribution >= 0.6 is 11.6 Å². The van der Waals surface area contributed by atoms with Crippen molar-refractivity contribution in [3.05, 3.63) is 58.1 Å². The lowest BCUT2D eigenvalue weighted by Crippen LogP contribution is -2.17. The number of rotatable bonds is 4. The molecule has 0 aliphatic rings. The van der Waals surface area contributed by atoms with Crippen molar-refractivity contribution in [2.24, 2.45) is 0 Å². The van der Waals surface area contributed by atoms with Crippen LogP contribution in [0.4, 0.5) is 0 Å². The van der Waals surface area contributed by atoms with E-state index >= 15 is 0 Å². The SMILES string of the molecule is Cc1cc(C)cc(OC(=O)COc2ccc(Cl)c(C)c2)c1. The van der Waals surface area contributed by atoms with Gasteiger partial charge in [0, 0.05) is 5.02 Å². The molecule has 0 aliphatic carbocycles. The van der Waals surface area contributed by atoms with Gasteiger partial charge < -0.3 is 9.47 Å². The molecule has 4 heteroatoms. The molecule has 2 rings (SSSR count). The highest BCUT2D eigenvalue weighted by molar-refractivity contribution is 6.31. The minimum absolute atomic E-state index is 0.145. The second-order valence-electron chi connectivity index (χ2n) is 5.00. The molecule has 110 valence electrons. The molecule has 0 heterocycles. The third-order valence-corrected chi connectivity index (χ3v) is 3.34. The highest BCUT2D eigenvalue weighted by Crippen LogP contribution is 2.21. The van der Waals surface area contributed by atoms with Crippen molar-refractivity contribution >= 4 is 17.6 Å². The van der Waals surface area contributed by atoms with Crippen molar-refractivity contribution in [3.63, 3.8) is 0 Å². The fourth-order valence-electron chi connectivity index (χ4n) is 2.00. The first kappa shape index (κ1) is 15.4. The minimum atomic E-state index is -0.437. The molecular weight excluding hydrogens is 288 g/mol. The smallest absolute Gasteiger partial charge is 0.349 e. The van der Waals surface area contributed by atoms with Crippen LogP contribution in [-0.2, 0) is 4.79 Å². The Morgan fingerprint density at radius 3 is 2.29 bits per heavy atom. The summed E-state index contributed by atoms with van der Waals surface area (Å²) < 4.78 is 10.7. The summed E-state index contributed by atoms with van der Waals surface area (Å²) in [6, 6.07) is 10.9. The summed E-state index contributed by atoms with van der Waals surface area (Å²) >= 11 is 5.93. The van der Waals surface area contributed by atoms with Crippen molar-refractivity contribution in [1.29, 1.82) is 0 Å². The van der Waals surface area contributed by atoms with Crippen molar-refractivity contribution in [1.82, 2.24) is 0 Å². The van der Waals surface area contributed by atoms with E-state index in [1.165, 1.54) is 0 Å². The van der Waals surface area contributed by atoms with Gasteiger partial charge in [0.2, 0.25) is 0 Å². The molecule has 21 heavy (non-hydrogen) atoms. The van der Waals surface area contributed by atoms with Crippen LogP contribution in [0.2, 0.25) is 5.02 Å². The molecule has 0 amide bonds. The van der Waals surface area contributed by atoms with E-state index in [2.05, 4.69) is 0 Å². The molecule has 0 unspecified atom stereocenters. The van der Waals surface area contributed by atoms with Gasteiger partial charge in [0.1, 0.15) is 11.5 Å². The standard InChI is InChI=1S/C17H17ClO3/c1-11-6-12(2)8-15(7-11)21-17(19)10-20-14-4-5-16(18)13(3)9-14/h4-9H,10H2,1-3H3. The van der Waals surface area contributed by atoms with Crippen LogP contribution in [0.25, 0.3) is 0 Å². The molecule has 0 spiro atoms. The number of ether oxygens (including phenoxy) is 2. The zero-order valence-corrected chi connectivity index (χ0v) is 13.0. The third-order valence-electron chi connectivity index (χ3n) is 2.91. The molecule has 0 N–H and O–H groups in total. The lowest BCUT2D eigenvalue weighted by molar-refractivity contribution is -0.136. The molecule has 0 saturated heterocycles. The molecule has 2 aromatic rings. The number of benzene rings is 2. The summed E-state index contributed by atoms with van der Waals surface area (Å²) in [6.07, 6.45) is 0. The molecule has 0 aromatic heterocycles. The van der Waals surface area contributed by atoms with Crippen molar-refractivity contribution in [3.8, 4) is 11.5 Å². The molecular formula is C17H17ClO3. The van der Waals surface area contributed by atoms with Crippen molar-refractivity contribution in [2.75, 3.05) is 6.61 Å². The zero-order chi connectivity index (χ0) is 15.4. The molecule has 2 aromatic carbocycles. The first-order chi connectivity index (χ1) is 9.94. The average Bonchev–Trinajstić information content (AvgIpc) is 2.39. The van der Waals surface area contributed by atoms with Crippen LogP contribution in [0.15, 0.2) is 36.4 Å². The Kier molecular flexibility index (Phi) is 4.86. The molecule has 0 saturated carbocycles. The lowest BCUT2D eigenvalue weighted by Gasteiger charge is -2.09. The summed E-state index contributed by atoms with van der Waals surface area (Å²) in [4.78, 5) is 11.8. The van der Waals surface area contributed by atoms with Gasteiger partial charge in [-0.3, -0.25) is 0 Å². The topological polar surface area (TPSA) is 35.5 Å². The highest BCUT2D eigenvalue weighted by Gasteiger charge is 2.08. The summed E-state index contributed by atoms with van der Waals surface area (Å²) in [5.74, 6) is 0.690. The number of halogens is 1. The number of hydrogen-bond acceptors (Lipinski definition) is 3. The van der Waals surface area contributed by atoms with Gasteiger partial charge in [-0.15, -0.1) is 0 Å².